The summed E-state index contributed by atoms with van der Waals surface area (Å²) >= 11 is 0. The molecule has 0 fully saturated rings. The third-order valence-corrected chi connectivity index (χ3v) is 2.84. The van der Waals surface area contributed by atoms with Crippen LogP contribution in [0.3, 0.4) is 0 Å². The first-order chi connectivity index (χ1) is 9.26. The second kappa shape index (κ2) is 6.02. The van der Waals surface area contributed by atoms with Crippen LogP contribution in [-0.2, 0) is 6.54 Å². The number of methoxy groups -OCH3 is 1. The quantitative estimate of drug-likeness (QED) is 0.883. The van der Waals surface area contributed by atoms with E-state index in [1.165, 1.54) is 0 Å². The van der Waals surface area contributed by atoms with E-state index in [4.69, 9.17) is 10.5 Å². The molecule has 0 spiro atoms. The third-order valence-electron chi connectivity index (χ3n) is 2.84. The maximum Gasteiger partial charge on any atom is 0.256 e. The number of ether oxygens (including phenoxy) is 1. The second-order valence-electron chi connectivity index (χ2n) is 4.02. The van der Waals surface area contributed by atoms with Crippen LogP contribution < -0.4 is 15.8 Å². The first kappa shape index (κ1) is 13.1. The van der Waals surface area contributed by atoms with Crippen molar-refractivity contribution in [3.05, 3.63) is 59.7 Å². The molecule has 0 atom stereocenters. The van der Waals surface area contributed by atoms with Crippen molar-refractivity contribution in [1.29, 1.82) is 0 Å². The van der Waals surface area contributed by atoms with E-state index < -0.39 is 0 Å². The first-order valence-corrected chi connectivity index (χ1v) is 5.98. The van der Waals surface area contributed by atoms with Gasteiger partial charge >= 0.3 is 0 Å². The molecule has 0 aliphatic carbocycles. The van der Waals surface area contributed by atoms with Crippen LogP contribution in [0.15, 0.2) is 48.5 Å². The average molecular weight is 256 g/mol. The molecule has 0 radical (unpaired) electrons. The fourth-order valence-electron chi connectivity index (χ4n) is 1.86. The zero-order chi connectivity index (χ0) is 13.7. The van der Waals surface area contributed by atoms with Crippen molar-refractivity contribution < 1.29 is 9.53 Å². The predicted molar refractivity (Wildman–Crippen MR) is 75.3 cm³/mol. The lowest BCUT2D eigenvalue weighted by Gasteiger charge is -2.11. The molecule has 3 N–H and O–H groups in total. The lowest BCUT2D eigenvalue weighted by atomic mass is 10.1. The van der Waals surface area contributed by atoms with E-state index >= 15 is 0 Å². The van der Waals surface area contributed by atoms with Gasteiger partial charge in [0.25, 0.3) is 5.91 Å². The van der Waals surface area contributed by atoms with Crippen LogP contribution in [-0.4, -0.2) is 13.0 Å². The SMILES string of the molecule is COc1ccccc1NC(=O)c1ccccc1CN. The summed E-state index contributed by atoms with van der Waals surface area (Å²) in [6.45, 7) is 0.329. The Morgan fingerprint density at radius 2 is 1.84 bits per heavy atom. The van der Waals surface area contributed by atoms with Crippen LogP contribution in [0.2, 0.25) is 0 Å². The van der Waals surface area contributed by atoms with Gasteiger partial charge in [0.15, 0.2) is 0 Å². The molecule has 4 heteroatoms. The highest BCUT2D eigenvalue weighted by Gasteiger charge is 2.12. The summed E-state index contributed by atoms with van der Waals surface area (Å²) in [5, 5.41) is 2.83. The number of hydrogen-bond donors (Lipinski definition) is 2. The summed E-state index contributed by atoms with van der Waals surface area (Å²) in [4.78, 5) is 12.2. The maximum absolute atomic E-state index is 12.2. The minimum atomic E-state index is -0.189. The molecule has 0 bridgehead atoms. The van der Waals surface area contributed by atoms with Gasteiger partial charge in [0.2, 0.25) is 0 Å². The van der Waals surface area contributed by atoms with Gasteiger partial charge in [-0.1, -0.05) is 30.3 Å². The highest BCUT2D eigenvalue weighted by Crippen LogP contribution is 2.24. The molecule has 0 aromatic heterocycles. The van der Waals surface area contributed by atoms with Gasteiger partial charge in [-0.15, -0.1) is 0 Å². The van der Waals surface area contributed by atoms with Crippen molar-refractivity contribution in [2.24, 2.45) is 5.73 Å². The molecule has 0 heterocycles. The molecule has 4 nitrogen and oxygen atoms in total. The van der Waals surface area contributed by atoms with Gasteiger partial charge < -0.3 is 15.8 Å². The van der Waals surface area contributed by atoms with E-state index in [0.29, 0.717) is 23.5 Å². The highest BCUT2D eigenvalue weighted by molar-refractivity contribution is 6.06. The number of anilines is 1. The molecular formula is C15H16N2O2. The average Bonchev–Trinajstić information content (AvgIpc) is 2.47. The fraction of sp³-hybridized carbons (Fsp3) is 0.133. The molecule has 0 aliphatic rings. The Morgan fingerprint density at radius 1 is 1.16 bits per heavy atom. The van der Waals surface area contributed by atoms with Gasteiger partial charge in [0, 0.05) is 12.1 Å². The lowest BCUT2D eigenvalue weighted by Crippen LogP contribution is -2.16. The van der Waals surface area contributed by atoms with Crippen LogP contribution in [0, 0.1) is 0 Å². The number of carbonyl (C=O) groups excluding carboxylic acids is 1. The standard InChI is InChI=1S/C15H16N2O2/c1-19-14-9-5-4-8-13(14)17-15(18)12-7-3-2-6-11(12)10-16/h2-9H,10,16H2,1H3,(H,17,18). The number of para-hydroxylation sites is 2. The Balaban J connectivity index is 2.26. The monoisotopic (exact) mass is 256 g/mol. The topological polar surface area (TPSA) is 64.3 Å². The molecular weight excluding hydrogens is 240 g/mol. The molecule has 2 aromatic carbocycles. The van der Waals surface area contributed by atoms with E-state index in [2.05, 4.69) is 5.32 Å². The molecule has 0 aliphatic heterocycles. The Morgan fingerprint density at radius 3 is 2.58 bits per heavy atom. The van der Waals surface area contributed by atoms with E-state index in [1.807, 2.05) is 30.3 Å². The van der Waals surface area contributed by atoms with Gasteiger partial charge in [-0.05, 0) is 23.8 Å². The third kappa shape index (κ3) is 2.92. The molecule has 1 amide bonds. The van der Waals surface area contributed by atoms with Crippen molar-refractivity contribution in [2.45, 2.75) is 6.54 Å². The molecule has 0 unspecified atom stereocenters. The Bertz CT molecular complexity index is 582. The molecule has 0 saturated carbocycles. The summed E-state index contributed by atoms with van der Waals surface area (Å²) in [6, 6.07) is 14.6. The smallest absolute Gasteiger partial charge is 0.256 e. The van der Waals surface area contributed by atoms with Crippen LogP contribution in [0.4, 0.5) is 5.69 Å². The second-order valence-corrected chi connectivity index (χ2v) is 4.02. The summed E-state index contributed by atoms with van der Waals surface area (Å²) < 4.78 is 5.20. The number of carbonyl (C=O) groups is 1. The zero-order valence-electron chi connectivity index (χ0n) is 10.7. The van der Waals surface area contributed by atoms with Crippen LogP contribution in [0.5, 0.6) is 5.75 Å². The minimum absolute atomic E-state index is 0.189. The van der Waals surface area contributed by atoms with Gasteiger partial charge in [0.05, 0.1) is 12.8 Å². The van der Waals surface area contributed by atoms with E-state index in [1.54, 1.807) is 25.3 Å². The molecule has 2 aromatic rings. The van der Waals surface area contributed by atoms with E-state index in [-0.39, 0.29) is 5.91 Å². The summed E-state index contributed by atoms with van der Waals surface area (Å²) in [5.74, 6) is 0.437. The van der Waals surface area contributed by atoms with Crippen LogP contribution in [0.1, 0.15) is 15.9 Å². The number of amides is 1. The number of rotatable bonds is 4. The molecule has 19 heavy (non-hydrogen) atoms. The van der Waals surface area contributed by atoms with Gasteiger partial charge in [-0.2, -0.15) is 0 Å². The van der Waals surface area contributed by atoms with E-state index in [0.717, 1.165) is 5.56 Å². The van der Waals surface area contributed by atoms with Gasteiger partial charge in [0.1, 0.15) is 5.75 Å². The van der Waals surface area contributed by atoms with E-state index in [9.17, 15) is 4.79 Å². The van der Waals surface area contributed by atoms with Crippen molar-refractivity contribution >= 4 is 11.6 Å². The molecule has 0 saturated heterocycles. The molecule has 98 valence electrons. The Kier molecular flexibility index (Phi) is 4.15. The minimum Gasteiger partial charge on any atom is -0.495 e. The normalized spacial score (nSPS) is 10.0. The Hall–Kier alpha value is -2.33. The largest absolute Gasteiger partial charge is 0.495 e. The number of nitrogens with two attached hydrogens (primary N) is 1. The number of benzene rings is 2. The highest BCUT2D eigenvalue weighted by atomic mass is 16.5. The Labute approximate surface area is 112 Å². The number of nitrogens with one attached hydrogen (secondary N) is 1. The zero-order valence-corrected chi connectivity index (χ0v) is 10.7. The summed E-state index contributed by atoms with van der Waals surface area (Å²) in [6.07, 6.45) is 0. The van der Waals surface area contributed by atoms with Gasteiger partial charge in [-0.3, -0.25) is 4.79 Å². The summed E-state index contributed by atoms with van der Waals surface area (Å²) in [5.41, 5.74) is 7.67. The van der Waals surface area contributed by atoms with Crippen molar-refractivity contribution in [1.82, 2.24) is 0 Å². The predicted octanol–water partition coefficient (Wildman–Crippen LogP) is 2.41. The number of hydrogen-bond acceptors (Lipinski definition) is 3. The van der Waals surface area contributed by atoms with Crippen molar-refractivity contribution in [3.8, 4) is 5.75 Å². The van der Waals surface area contributed by atoms with Crippen molar-refractivity contribution in [3.63, 3.8) is 0 Å². The van der Waals surface area contributed by atoms with Crippen LogP contribution >= 0.6 is 0 Å². The van der Waals surface area contributed by atoms with Gasteiger partial charge in [-0.25, -0.2) is 0 Å². The first-order valence-electron chi connectivity index (χ1n) is 5.98. The fourth-order valence-corrected chi connectivity index (χ4v) is 1.86. The molecule has 2 rings (SSSR count). The van der Waals surface area contributed by atoms with Crippen LogP contribution in [0.25, 0.3) is 0 Å². The maximum atomic E-state index is 12.2. The lowest BCUT2D eigenvalue weighted by molar-refractivity contribution is 0.102. The summed E-state index contributed by atoms with van der Waals surface area (Å²) in [7, 11) is 1.57. The van der Waals surface area contributed by atoms with Crippen molar-refractivity contribution in [2.75, 3.05) is 12.4 Å².